The maximum absolute atomic E-state index is 12.6. The summed E-state index contributed by atoms with van der Waals surface area (Å²) in [6.07, 6.45) is 0. The van der Waals surface area contributed by atoms with E-state index < -0.39 is 16.0 Å². The summed E-state index contributed by atoms with van der Waals surface area (Å²) < 4.78 is 27.5. The van der Waals surface area contributed by atoms with Gasteiger partial charge in [-0.25, -0.2) is 13.2 Å². The van der Waals surface area contributed by atoms with Gasteiger partial charge in [0.1, 0.15) is 9.90 Å². The molecule has 0 radical (unpaired) electrons. The number of carboxylic acids is 1. The van der Waals surface area contributed by atoms with Gasteiger partial charge in [-0.15, -0.1) is 22.7 Å². The number of aryl methyl sites for hydroxylation is 1. The number of hydrogen-bond donors (Lipinski definition) is 2. The third-order valence-corrected chi connectivity index (χ3v) is 7.44. The van der Waals surface area contributed by atoms with E-state index in [4.69, 9.17) is 5.11 Å². The van der Waals surface area contributed by atoms with Crippen molar-refractivity contribution in [3.63, 3.8) is 0 Å². The summed E-state index contributed by atoms with van der Waals surface area (Å²) in [5.74, 6) is -1.07. The molecule has 0 amide bonds. The van der Waals surface area contributed by atoms with Gasteiger partial charge < -0.3 is 10.1 Å². The van der Waals surface area contributed by atoms with E-state index in [1.54, 1.807) is 17.5 Å². The molecular weight excluding hydrogens is 344 g/mol. The van der Waals surface area contributed by atoms with E-state index in [2.05, 4.69) is 4.98 Å². The van der Waals surface area contributed by atoms with Gasteiger partial charge in [-0.05, 0) is 24.4 Å². The Morgan fingerprint density at radius 1 is 1.41 bits per heavy atom. The van der Waals surface area contributed by atoms with Crippen molar-refractivity contribution in [1.82, 2.24) is 4.98 Å². The average molecular weight is 356 g/mol. The molecule has 3 aromatic rings. The van der Waals surface area contributed by atoms with Crippen molar-refractivity contribution in [2.75, 3.05) is 11.4 Å². The Bertz CT molecular complexity index is 951. The lowest BCUT2D eigenvalue weighted by Gasteiger charge is -2.18. The van der Waals surface area contributed by atoms with Gasteiger partial charge in [-0.1, -0.05) is 6.07 Å². The first kappa shape index (κ1) is 15.1. The summed E-state index contributed by atoms with van der Waals surface area (Å²) in [4.78, 5) is 14.7. The molecule has 116 valence electrons. The zero-order chi connectivity index (χ0) is 16.1. The van der Waals surface area contributed by atoms with Crippen molar-refractivity contribution < 1.29 is 18.3 Å². The molecule has 0 aliphatic heterocycles. The van der Waals surface area contributed by atoms with Gasteiger partial charge in [0, 0.05) is 11.9 Å². The predicted molar refractivity (Wildman–Crippen MR) is 87.8 cm³/mol. The van der Waals surface area contributed by atoms with E-state index in [0.717, 1.165) is 20.9 Å². The molecule has 3 rings (SSSR count). The maximum atomic E-state index is 12.6. The summed E-state index contributed by atoms with van der Waals surface area (Å²) >= 11 is 2.51. The van der Waals surface area contributed by atoms with Crippen LogP contribution < -0.4 is 4.31 Å². The molecule has 0 saturated carbocycles. The normalized spacial score (nSPS) is 11.9. The number of aromatic amines is 1. The monoisotopic (exact) mass is 356 g/mol. The number of nitrogens with one attached hydrogen (secondary N) is 1. The van der Waals surface area contributed by atoms with Crippen molar-refractivity contribution in [3.05, 3.63) is 34.2 Å². The van der Waals surface area contributed by atoms with Gasteiger partial charge in [0.2, 0.25) is 0 Å². The largest absolute Gasteiger partial charge is 0.477 e. The van der Waals surface area contributed by atoms with Crippen LogP contribution in [0.5, 0.6) is 0 Å². The minimum Gasteiger partial charge on any atom is -0.477 e. The van der Waals surface area contributed by atoms with Crippen LogP contribution in [0.3, 0.4) is 0 Å². The highest BCUT2D eigenvalue weighted by Gasteiger charge is 2.27. The summed E-state index contributed by atoms with van der Waals surface area (Å²) in [6.45, 7) is 1.81. The molecule has 0 unspecified atom stereocenters. The van der Waals surface area contributed by atoms with Gasteiger partial charge in [0.05, 0.1) is 15.9 Å². The molecule has 0 bridgehead atoms. The van der Waals surface area contributed by atoms with E-state index in [-0.39, 0.29) is 9.90 Å². The van der Waals surface area contributed by atoms with E-state index in [1.165, 1.54) is 28.8 Å². The molecule has 9 heteroatoms. The van der Waals surface area contributed by atoms with Crippen molar-refractivity contribution in [1.29, 1.82) is 0 Å². The first-order valence-electron chi connectivity index (χ1n) is 6.20. The average Bonchev–Trinajstić information content (AvgIpc) is 3.11. The van der Waals surface area contributed by atoms with Crippen LogP contribution in [0.4, 0.5) is 5.69 Å². The van der Waals surface area contributed by atoms with Gasteiger partial charge in [-0.2, -0.15) is 0 Å². The fraction of sp³-hybridized carbons (Fsp3) is 0.154. The Morgan fingerprint density at radius 2 is 2.14 bits per heavy atom. The van der Waals surface area contributed by atoms with Crippen LogP contribution in [-0.2, 0) is 10.0 Å². The fourth-order valence-electron chi connectivity index (χ4n) is 2.24. The number of anilines is 1. The topological polar surface area (TPSA) is 90.5 Å². The molecule has 0 atom stereocenters. The first-order chi connectivity index (χ1) is 10.3. The number of carboxylic acid groups (broad SMARTS) is 1. The summed E-state index contributed by atoms with van der Waals surface area (Å²) in [5.41, 5.74) is 1.06. The SMILES string of the molecule is Cc1sc2cc(C(=O)O)[nH]c2c1N(C)S(=O)(=O)c1cccs1. The van der Waals surface area contributed by atoms with Gasteiger partial charge in [-0.3, -0.25) is 4.31 Å². The van der Waals surface area contributed by atoms with Crippen LogP contribution >= 0.6 is 22.7 Å². The van der Waals surface area contributed by atoms with Crippen LogP contribution in [-0.4, -0.2) is 31.5 Å². The van der Waals surface area contributed by atoms with Crippen molar-refractivity contribution in [3.8, 4) is 0 Å². The number of sulfonamides is 1. The molecule has 6 nitrogen and oxygen atoms in total. The van der Waals surface area contributed by atoms with E-state index >= 15 is 0 Å². The molecule has 3 aromatic heterocycles. The maximum Gasteiger partial charge on any atom is 0.352 e. The van der Waals surface area contributed by atoms with Crippen LogP contribution in [0.2, 0.25) is 0 Å². The van der Waals surface area contributed by atoms with Crippen LogP contribution in [0, 0.1) is 6.92 Å². The Hall–Kier alpha value is -1.84. The third kappa shape index (κ3) is 2.21. The molecule has 0 aromatic carbocycles. The molecule has 3 heterocycles. The van der Waals surface area contributed by atoms with Crippen LogP contribution in [0.25, 0.3) is 10.2 Å². The zero-order valence-corrected chi connectivity index (χ0v) is 14.1. The Balaban J connectivity index is 2.17. The number of nitrogens with zero attached hydrogens (tertiary/aromatic N) is 1. The predicted octanol–water partition coefficient (Wildman–Crippen LogP) is 3.12. The second-order valence-electron chi connectivity index (χ2n) is 4.64. The van der Waals surface area contributed by atoms with Gasteiger partial charge in [0.15, 0.2) is 0 Å². The quantitative estimate of drug-likeness (QED) is 0.751. The summed E-state index contributed by atoms with van der Waals surface area (Å²) in [5, 5.41) is 10.8. The number of aromatic nitrogens is 1. The number of H-pyrrole nitrogens is 1. The number of aromatic carboxylic acids is 1. The number of rotatable bonds is 4. The Kier molecular flexibility index (Phi) is 3.50. The zero-order valence-electron chi connectivity index (χ0n) is 11.7. The molecular formula is C13H12N2O4S3. The molecule has 2 N–H and O–H groups in total. The third-order valence-electron chi connectivity index (χ3n) is 3.27. The van der Waals surface area contributed by atoms with Crippen LogP contribution in [0.1, 0.15) is 15.4 Å². The fourth-order valence-corrected chi connectivity index (χ4v) is 5.82. The highest BCUT2D eigenvalue weighted by atomic mass is 32.2. The lowest BCUT2D eigenvalue weighted by molar-refractivity contribution is 0.0691. The highest BCUT2D eigenvalue weighted by molar-refractivity contribution is 7.94. The highest BCUT2D eigenvalue weighted by Crippen LogP contribution is 2.39. The molecule has 0 fully saturated rings. The van der Waals surface area contributed by atoms with Crippen molar-refractivity contribution >= 4 is 54.6 Å². The number of hydrogen-bond acceptors (Lipinski definition) is 5. The number of carbonyl (C=O) groups is 1. The minimum absolute atomic E-state index is 0.0458. The standard InChI is InChI=1S/C13H12N2O4S3/c1-7-12(11-9(21-7)6-8(14-11)13(16)17)15(2)22(18,19)10-4-3-5-20-10/h3-6,14H,1-2H3,(H,16,17). The Labute approximate surface area is 134 Å². The minimum atomic E-state index is -3.65. The van der Waals surface area contributed by atoms with E-state index in [9.17, 15) is 13.2 Å². The number of fused-ring (bicyclic) bond motifs is 1. The molecule has 0 aliphatic carbocycles. The number of thiophene rings is 2. The Morgan fingerprint density at radius 3 is 2.73 bits per heavy atom. The summed E-state index contributed by atoms with van der Waals surface area (Å²) in [6, 6.07) is 4.75. The summed E-state index contributed by atoms with van der Waals surface area (Å²) in [7, 11) is -2.18. The molecule has 0 aliphatic rings. The van der Waals surface area contributed by atoms with E-state index in [0.29, 0.717) is 11.2 Å². The van der Waals surface area contributed by atoms with E-state index in [1.807, 2.05) is 6.92 Å². The van der Waals surface area contributed by atoms with Gasteiger partial charge in [0.25, 0.3) is 10.0 Å². The lowest BCUT2D eigenvalue weighted by Crippen LogP contribution is -2.26. The molecule has 22 heavy (non-hydrogen) atoms. The lowest BCUT2D eigenvalue weighted by atomic mass is 10.3. The second-order valence-corrected chi connectivity index (χ2v) is 9.04. The molecule has 0 spiro atoms. The molecule has 0 saturated heterocycles. The van der Waals surface area contributed by atoms with Crippen LogP contribution in [0.15, 0.2) is 27.8 Å². The van der Waals surface area contributed by atoms with Crippen molar-refractivity contribution in [2.45, 2.75) is 11.1 Å². The van der Waals surface area contributed by atoms with Crippen molar-refractivity contribution in [2.24, 2.45) is 0 Å². The van der Waals surface area contributed by atoms with Gasteiger partial charge >= 0.3 is 5.97 Å². The first-order valence-corrected chi connectivity index (χ1v) is 9.34. The second kappa shape index (κ2) is 5.11. The smallest absolute Gasteiger partial charge is 0.352 e.